The second-order valence-corrected chi connectivity index (χ2v) is 5.48. The minimum atomic E-state index is 0.154. The number of oxime groups is 1. The summed E-state index contributed by atoms with van der Waals surface area (Å²) in [7, 11) is 0. The van der Waals surface area contributed by atoms with E-state index in [4.69, 9.17) is 10.9 Å². The minimum absolute atomic E-state index is 0.154. The van der Waals surface area contributed by atoms with Crippen molar-refractivity contribution >= 4 is 28.4 Å². The van der Waals surface area contributed by atoms with E-state index in [9.17, 15) is 0 Å². The van der Waals surface area contributed by atoms with Gasteiger partial charge in [0, 0.05) is 10.5 Å². The number of rotatable bonds is 5. The minimum Gasteiger partial charge on any atom is -0.409 e. The van der Waals surface area contributed by atoms with Crippen LogP contribution >= 0.6 is 11.8 Å². The lowest BCUT2D eigenvalue weighted by atomic mass is 10.0. The molecule has 100 valence electrons. The second-order valence-electron chi connectivity index (χ2n) is 4.34. The van der Waals surface area contributed by atoms with E-state index in [0.29, 0.717) is 0 Å². The molecule has 0 aliphatic heterocycles. The summed E-state index contributed by atoms with van der Waals surface area (Å²) >= 11 is 1.86. The second kappa shape index (κ2) is 6.48. The number of hydrogen-bond acceptors (Lipinski definition) is 3. The van der Waals surface area contributed by atoms with Crippen LogP contribution in [0.5, 0.6) is 0 Å². The van der Waals surface area contributed by atoms with Crippen LogP contribution in [0, 0.1) is 0 Å². The summed E-state index contributed by atoms with van der Waals surface area (Å²) in [6.07, 6.45) is 2.41. The molecule has 0 unspecified atom stereocenters. The highest BCUT2D eigenvalue weighted by molar-refractivity contribution is 7.99. The Labute approximate surface area is 117 Å². The average Bonchev–Trinajstić information content (AvgIpc) is 2.47. The van der Waals surface area contributed by atoms with Gasteiger partial charge in [0.25, 0.3) is 0 Å². The van der Waals surface area contributed by atoms with Crippen molar-refractivity contribution in [3.05, 3.63) is 42.0 Å². The van der Waals surface area contributed by atoms with Crippen LogP contribution in [0.25, 0.3) is 10.8 Å². The molecule has 0 heterocycles. The van der Waals surface area contributed by atoms with E-state index >= 15 is 0 Å². The van der Waals surface area contributed by atoms with Crippen molar-refractivity contribution in [1.82, 2.24) is 0 Å². The van der Waals surface area contributed by atoms with Crippen molar-refractivity contribution in [3.8, 4) is 0 Å². The van der Waals surface area contributed by atoms with Crippen molar-refractivity contribution in [2.45, 2.75) is 24.7 Å². The molecule has 0 spiro atoms. The lowest BCUT2D eigenvalue weighted by Crippen LogP contribution is -2.13. The molecule has 3 nitrogen and oxygen atoms in total. The van der Waals surface area contributed by atoms with Gasteiger partial charge in [-0.15, -0.1) is 11.8 Å². The summed E-state index contributed by atoms with van der Waals surface area (Å²) in [6, 6.07) is 12.0. The van der Waals surface area contributed by atoms with Gasteiger partial charge in [-0.25, -0.2) is 0 Å². The van der Waals surface area contributed by atoms with Gasteiger partial charge in [0.2, 0.25) is 0 Å². The third-order valence-corrected chi connectivity index (χ3v) is 4.18. The molecular weight excluding hydrogens is 256 g/mol. The largest absolute Gasteiger partial charge is 0.409 e. The van der Waals surface area contributed by atoms with Crippen LogP contribution in [0.2, 0.25) is 0 Å². The van der Waals surface area contributed by atoms with E-state index in [1.807, 2.05) is 36.0 Å². The van der Waals surface area contributed by atoms with Crippen LogP contribution in [0.3, 0.4) is 0 Å². The number of benzene rings is 2. The Morgan fingerprint density at radius 2 is 1.95 bits per heavy atom. The zero-order valence-electron chi connectivity index (χ0n) is 11.0. The standard InChI is InChI=1S/C15H18N2OS/c1-2-3-10-19-14-9-8-13(15(16)17-18)11-6-4-5-7-12(11)14/h4-9,18H,2-3,10H2,1H3,(H2,16,17). The van der Waals surface area contributed by atoms with E-state index in [0.717, 1.165) is 22.1 Å². The van der Waals surface area contributed by atoms with Gasteiger partial charge in [-0.05, 0) is 35.1 Å². The highest BCUT2D eigenvalue weighted by atomic mass is 32.2. The van der Waals surface area contributed by atoms with Gasteiger partial charge in [0.05, 0.1) is 0 Å². The molecule has 0 aliphatic carbocycles. The first-order valence-electron chi connectivity index (χ1n) is 6.40. The predicted octanol–water partition coefficient (Wildman–Crippen LogP) is 3.83. The molecular formula is C15H18N2OS. The van der Waals surface area contributed by atoms with E-state index in [-0.39, 0.29) is 5.84 Å². The number of nitrogens with zero attached hydrogens (tertiary/aromatic N) is 1. The summed E-state index contributed by atoms with van der Waals surface area (Å²) in [6.45, 7) is 2.19. The van der Waals surface area contributed by atoms with Gasteiger partial charge in [0.15, 0.2) is 5.84 Å². The van der Waals surface area contributed by atoms with Gasteiger partial charge in [-0.1, -0.05) is 42.8 Å². The Balaban J connectivity index is 2.46. The molecule has 0 bridgehead atoms. The fraction of sp³-hybridized carbons (Fsp3) is 0.267. The molecule has 0 saturated heterocycles. The zero-order chi connectivity index (χ0) is 13.7. The Hall–Kier alpha value is -1.68. The first-order valence-corrected chi connectivity index (χ1v) is 7.39. The van der Waals surface area contributed by atoms with E-state index < -0.39 is 0 Å². The van der Waals surface area contributed by atoms with Crippen LogP contribution in [0.1, 0.15) is 25.3 Å². The summed E-state index contributed by atoms with van der Waals surface area (Å²) in [4.78, 5) is 1.25. The van der Waals surface area contributed by atoms with E-state index in [1.54, 1.807) is 0 Å². The molecule has 0 fully saturated rings. The molecule has 3 N–H and O–H groups in total. The van der Waals surface area contributed by atoms with Gasteiger partial charge in [0.1, 0.15) is 0 Å². The van der Waals surface area contributed by atoms with Gasteiger partial charge in [-0.3, -0.25) is 0 Å². The number of thioether (sulfide) groups is 1. The molecule has 0 aliphatic rings. The topological polar surface area (TPSA) is 58.6 Å². The molecule has 4 heteroatoms. The molecule has 0 saturated carbocycles. The van der Waals surface area contributed by atoms with Crippen molar-refractivity contribution in [3.63, 3.8) is 0 Å². The van der Waals surface area contributed by atoms with E-state index in [1.165, 1.54) is 17.7 Å². The normalized spacial score (nSPS) is 11.9. The Morgan fingerprint density at radius 3 is 2.63 bits per heavy atom. The monoisotopic (exact) mass is 274 g/mol. The Morgan fingerprint density at radius 1 is 1.21 bits per heavy atom. The highest BCUT2D eigenvalue weighted by Crippen LogP contribution is 2.30. The average molecular weight is 274 g/mol. The predicted molar refractivity (Wildman–Crippen MR) is 82.1 cm³/mol. The molecule has 0 radical (unpaired) electrons. The maximum Gasteiger partial charge on any atom is 0.170 e. The first-order chi connectivity index (χ1) is 9.27. The van der Waals surface area contributed by atoms with Crippen molar-refractivity contribution in [2.24, 2.45) is 10.9 Å². The smallest absolute Gasteiger partial charge is 0.170 e. The number of amidine groups is 1. The van der Waals surface area contributed by atoms with Gasteiger partial charge < -0.3 is 10.9 Å². The summed E-state index contributed by atoms with van der Waals surface area (Å²) in [5.74, 6) is 1.27. The number of hydrogen-bond donors (Lipinski definition) is 2. The van der Waals surface area contributed by atoms with Gasteiger partial charge >= 0.3 is 0 Å². The number of fused-ring (bicyclic) bond motifs is 1. The Bertz CT molecular complexity index is 596. The molecule has 2 aromatic carbocycles. The van der Waals surface area contributed by atoms with Crippen LogP contribution in [0.15, 0.2) is 46.4 Å². The van der Waals surface area contributed by atoms with Crippen molar-refractivity contribution < 1.29 is 5.21 Å². The molecule has 0 amide bonds. The third kappa shape index (κ3) is 3.01. The molecule has 0 aromatic heterocycles. The van der Waals surface area contributed by atoms with Crippen molar-refractivity contribution in [1.29, 1.82) is 0 Å². The van der Waals surface area contributed by atoms with Crippen LogP contribution in [-0.2, 0) is 0 Å². The Kier molecular flexibility index (Phi) is 4.68. The third-order valence-electron chi connectivity index (χ3n) is 3.02. The molecule has 2 rings (SSSR count). The number of nitrogens with two attached hydrogens (primary N) is 1. The van der Waals surface area contributed by atoms with Crippen LogP contribution in [0.4, 0.5) is 0 Å². The highest BCUT2D eigenvalue weighted by Gasteiger charge is 2.08. The maximum absolute atomic E-state index is 8.85. The van der Waals surface area contributed by atoms with Crippen molar-refractivity contribution in [2.75, 3.05) is 5.75 Å². The maximum atomic E-state index is 8.85. The lowest BCUT2D eigenvalue weighted by molar-refractivity contribution is 0.318. The lowest BCUT2D eigenvalue weighted by Gasteiger charge is -2.10. The van der Waals surface area contributed by atoms with Crippen LogP contribution < -0.4 is 5.73 Å². The summed E-state index contributed by atoms with van der Waals surface area (Å²) in [5.41, 5.74) is 6.50. The summed E-state index contributed by atoms with van der Waals surface area (Å²) in [5, 5.41) is 14.1. The molecule has 2 aromatic rings. The fourth-order valence-corrected chi connectivity index (χ4v) is 3.15. The van der Waals surface area contributed by atoms with Gasteiger partial charge in [-0.2, -0.15) is 0 Å². The first kappa shape index (κ1) is 13.7. The molecule has 0 atom stereocenters. The quantitative estimate of drug-likeness (QED) is 0.217. The van der Waals surface area contributed by atoms with E-state index in [2.05, 4.69) is 24.2 Å². The zero-order valence-corrected chi connectivity index (χ0v) is 11.8. The van der Waals surface area contributed by atoms with Crippen LogP contribution in [-0.4, -0.2) is 16.8 Å². The SMILES string of the molecule is CCCCSc1ccc(/C(N)=N/O)c2ccccc12. The molecule has 19 heavy (non-hydrogen) atoms. The number of unbranched alkanes of at least 4 members (excludes halogenated alkanes) is 1. The fourth-order valence-electron chi connectivity index (χ4n) is 2.00. The summed E-state index contributed by atoms with van der Waals surface area (Å²) < 4.78 is 0.